The molecule has 0 saturated heterocycles. The van der Waals surface area contributed by atoms with Crippen molar-refractivity contribution in [2.45, 2.75) is 0 Å². The average molecular weight is 565 g/mol. The summed E-state index contributed by atoms with van der Waals surface area (Å²) in [6, 6.07) is 49.7. The van der Waals surface area contributed by atoms with Crippen LogP contribution in [0.3, 0.4) is 0 Å². The number of hydrogen-bond acceptors (Lipinski definition) is 4. The van der Waals surface area contributed by atoms with Crippen molar-refractivity contribution in [1.82, 2.24) is 9.97 Å². The van der Waals surface area contributed by atoms with Crippen LogP contribution >= 0.6 is 0 Å². The van der Waals surface area contributed by atoms with Gasteiger partial charge in [0.2, 0.25) is 0 Å². The molecule has 4 heteroatoms. The highest BCUT2D eigenvalue weighted by Gasteiger charge is 2.15. The standard InChI is InChI=1S/C40H24N2O2/c1-2-9-27(10-3-1)40-41-34(24-35(42-40)28-21-22-32-30-11-4-6-15-36(30)43-38(32)23-28)26-19-17-25(18-20-26)29-13-8-14-33-31-12-5-7-16-37(31)44-39(29)33/h1-24H. The summed E-state index contributed by atoms with van der Waals surface area (Å²) in [6.07, 6.45) is 0. The van der Waals surface area contributed by atoms with Crippen molar-refractivity contribution in [2.75, 3.05) is 0 Å². The lowest BCUT2D eigenvalue weighted by Crippen LogP contribution is -1.96. The number of nitrogens with zero attached hydrogens (tertiary/aromatic N) is 2. The molecular weight excluding hydrogens is 540 g/mol. The maximum atomic E-state index is 6.30. The van der Waals surface area contributed by atoms with E-state index in [4.69, 9.17) is 18.8 Å². The first-order valence-electron chi connectivity index (χ1n) is 14.7. The van der Waals surface area contributed by atoms with Crippen molar-refractivity contribution in [2.24, 2.45) is 0 Å². The normalized spacial score (nSPS) is 11.6. The molecule has 206 valence electrons. The van der Waals surface area contributed by atoms with Crippen molar-refractivity contribution in [3.63, 3.8) is 0 Å². The largest absolute Gasteiger partial charge is 0.456 e. The Morgan fingerprint density at radius 2 is 0.955 bits per heavy atom. The fraction of sp³-hybridized carbons (Fsp3) is 0. The summed E-state index contributed by atoms with van der Waals surface area (Å²) in [5.74, 6) is 0.680. The molecular formula is C40H24N2O2. The third kappa shape index (κ3) is 4.00. The molecule has 4 nitrogen and oxygen atoms in total. The molecule has 0 saturated carbocycles. The minimum absolute atomic E-state index is 0.680. The fourth-order valence-electron chi connectivity index (χ4n) is 6.14. The first-order valence-corrected chi connectivity index (χ1v) is 14.7. The number of hydrogen-bond donors (Lipinski definition) is 0. The average Bonchev–Trinajstić information content (AvgIpc) is 3.67. The van der Waals surface area contributed by atoms with E-state index in [0.717, 1.165) is 83.1 Å². The lowest BCUT2D eigenvalue weighted by atomic mass is 9.99. The summed E-state index contributed by atoms with van der Waals surface area (Å²) in [4.78, 5) is 10.0. The lowest BCUT2D eigenvalue weighted by Gasteiger charge is -2.10. The van der Waals surface area contributed by atoms with Gasteiger partial charge in [-0.2, -0.15) is 0 Å². The van der Waals surface area contributed by atoms with Gasteiger partial charge in [0.25, 0.3) is 0 Å². The van der Waals surface area contributed by atoms with Crippen LogP contribution in [0.4, 0.5) is 0 Å². The maximum Gasteiger partial charge on any atom is 0.160 e. The number of furan rings is 2. The molecule has 0 unspecified atom stereocenters. The van der Waals surface area contributed by atoms with E-state index in [0.29, 0.717) is 5.82 Å². The minimum Gasteiger partial charge on any atom is -0.456 e. The van der Waals surface area contributed by atoms with E-state index >= 15 is 0 Å². The van der Waals surface area contributed by atoms with Gasteiger partial charge in [0.1, 0.15) is 22.3 Å². The molecule has 0 spiro atoms. The lowest BCUT2D eigenvalue weighted by molar-refractivity contribution is 0.669. The Bertz CT molecular complexity index is 2490. The zero-order valence-electron chi connectivity index (χ0n) is 23.6. The summed E-state index contributed by atoms with van der Waals surface area (Å²) in [5, 5.41) is 4.46. The molecule has 0 fully saturated rings. The molecule has 0 aliphatic rings. The Hall–Kier alpha value is -6.00. The number of para-hydroxylation sites is 3. The Labute approximate surface area is 252 Å². The Morgan fingerprint density at radius 3 is 1.75 bits per heavy atom. The fourth-order valence-corrected chi connectivity index (χ4v) is 6.14. The van der Waals surface area contributed by atoms with E-state index in [2.05, 4.69) is 78.9 Å². The Kier molecular flexibility index (Phi) is 5.47. The zero-order chi connectivity index (χ0) is 29.0. The van der Waals surface area contributed by atoms with Gasteiger partial charge < -0.3 is 8.83 Å². The van der Waals surface area contributed by atoms with Crippen LogP contribution in [0.5, 0.6) is 0 Å². The summed E-state index contributed by atoms with van der Waals surface area (Å²) >= 11 is 0. The highest BCUT2D eigenvalue weighted by atomic mass is 16.3. The Morgan fingerprint density at radius 1 is 0.364 bits per heavy atom. The van der Waals surface area contributed by atoms with Crippen molar-refractivity contribution in [3.05, 3.63) is 146 Å². The predicted octanol–water partition coefficient (Wildman–Crippen LogP) is 10.9. The molecule has 0 N–H and O–H groups in total. The SMILES string of the molecule is c1ccc(-c2nc(-c3ccc(-c4cccc5c4oc4ccccc45)cc3)cc(-c3ccc4c(c3)oc3ccccc34)n2)cc1. The molecule has 0 atom stereocenters. The van der Waals surface area contributed by atoms with Gasteiger partial charge in [-0.15, -0.1) is 0 Å². The van der Waals surface area contributed by atoms with Gasteiger partial charge in [-0.3, -0.25) is 0 Å². The van der Waals surface area contributed by atoms with Crippen LogP contribution in [0.2, 0.25) is 0 Å². The number of aromatic nitrogens is 2. The van der Waals surface area contributed by atoms with E-state index in [1.165, 1.54) is 0 Å². The molecule has 0 amide bonds. The zero-order valence-corrected chi connectivity index (χ0v) is 23.6. The van der Waals surface area contributed by atoms with Gasteiger partial charge in [0.05, 0.1) is 11.4 Å². The van der Waals surface area contributed by atoms with E-state index in [9.17, 15) is 0 Å². The molecule has 44 heavy (non-hydrogen) atoms. The van der Waals surface area contributed by atoms with Crippen molar-refractivity contribution in [1.29, 1.82) is 0 Å². The van der Waals surface area contributed by atoms with Crippen LogP contribution < -0.4 is 0 Å². The molecule has 3 aromatic heterocycles. The molecule has 0 bridgehead atoms. The van der Waals surface area contributed by atoms with Crippen molar-refractivity contribution < 1.29 is 8.83 Å². The van der Waals surface area contributed by atoms with Crippen LogP contribution in [0.1, 0.15) is 0 Å². The Balaban J connectivity index is 1.16. The summed E-state index contributed by atoms with van der Waals surface area (Å²) in [7, 11) is 0. The second-order valence-electron chi connectivity index (χ2n) is 11.0. The van der Waals surface area contributed by atoms with Crippen LogP contribution in [-0.2, 0) is 0 Å². The monoisotopic (exact) mass is 564 g/mol. The summed E-state index contributed by atoms with van der Waals surface area (Å²) < 4.78 is 12.5. The van der Waals surface area contributed by atoms with E-state index < -0.39 is 0 Å². The van der Waals surface area contributed by atoms with Crippen LogP contribution in [0, 0.1) is 0 Å². The molecule has 3 heterocycles. The second kappa shape index (κ2) is 9.79. The van der Waals surface area contributed by atoms with Crippen molar-refractivity contribution in [3.8, 4) is 45.0 Å². The smallest absolute Gasteiger partial charge is 0.160 e. The van der Waals surface area contributed by atoms with Gasteiger partial charge in [-0.05, 0) is 35.9 Å². The number of fused-ring (bicyclic) bond motifs is 6. The van der Waals surface area contributed by atoms with Gasteiger partial charge in [-0.25, -0.2) is 9.97 Å². The topological polar surface area (TPSA) is 52.1 Å². The second-order valence-corrected chi connectivity index (χ2v) is 11.0. The van der Waals surface area contributed by atoms with Gasteiger partial charge in [0.15, 0.2) is 5.82 Å². The van der Waals surface area contributed by atoms with Gasteiger partial charge >= 0.3 is 0 Å². The number of rotatable bonds is 4. The molecule has 0 radical (unpaired) electrons. The third-order valence-electron chi connectivity index (χ3n) is 8.33. The van der Waals surface area contributed by atoms with Gasteiger partial charge in [0, 0.05) is 43.8 Å². The molecule has 0 aliphatic carbocycles. The van der Waals surface area contributed by atoms with Crippen molar-refractivity contribution >= 4 is 43.9 Å². The summed E-state index contributed by atoms with van der Waals surface area (Å²) in [6.45, 7) is 0. The molecule has 9 rings (SSSR count). The first kappa shape index (κ1) is 24.6. The van der Waals surface area contributed by atoms with Gasteiger partial charge in [-0.1, -0.05) is 115 Å². The van der Waals surface area contributed by atoms with E-state index in [-0.39, 0.29) is 0 Å². The minimum atomic E-state index is 0.680. The summed E-state index contributed by atoms with van der Waals surface area (Å²) in [5.41, 5.74) is 10.3. The van der Waals surface area contributed by atoms with Crippen LogP contribution in [0.25, 0.3) is 88.9 Å². The molecule has 9 aromatic rings. The predicted molar refractivity (Wildman–Crippen MR) is 178 cm³/mol. The van der Waals surface area contributed by atoms with Crippen LogP contribution in [0.15, 0.2) is 154 Å². The highest BCUT2D eigenvalue weighted by molar-refractivity contribution is 6.09. The quantitative estimate of drug-likeness (QED) is 0.213. The number of benzene rings is 6. The first-order chi connectivity index (χ1) is 21.8. The van der Waals surface area contributed by atoms with E-state index in [1.807, 2.05) is 66.7 Å². The molecule has 0 aliphatic heterocycles. The molecule has 6 aromatic carbocycles. The maximum absolute atomic E-state index is 6.30. The highest BCUT2D eigenvalue weighted by Crippen LogP contribution is 2.37. The third-order valence-corrected chi connectivity index (χ3v) is 8.33. The van der Waals surface area contributed by atoms with Crippen LogP contribution in [-0.4, -0.2) is 9.97 Å². The van der Waals surface area contributed by atoms with E-state index in [1.54, 1.807) is 0 Å².